The molecule has 66 heavy (non-hydrogen) atoms. The number of ether oxygens (including phenoxy) is 4. The molecule has 0 bridgehead atoms. The lowest BCUT2D eigenvalue weighted by Crippen LogP contribution is -2.31. The molecular formula is C48H63N5O9S4. The van der Waals surface area contributed by atoms with Gasteiger partial charge in [-0.2, -0.15) is 0 Å². The van der Waals surface area contributed by atoms with Gasteiger partial charge in [0.2, 0.25) is 0 Å². The summed E-state index contributed by atoms with van der Waals surface area (Å²) < 4.78 is 21.8. The number of esters is 4. The first-order chi connectivity index (χ1) is 31.9. The fourth-order valence-corrected chi connectivity index (χ4v) is 9.76. The van der Waals surface area contributed by atoms with Gasteiger partial charge in [-0.05, 0) is 130 Å². The largest absolute Gasteiger partial charge is 0.465 e. The van der Waals surface area contributed by atoms with Crippen LogP contribution in [0.1, 0.15) is 65.2 Å². The molecule has 0 aliphatic carbocycles. The Labute approximate surface area is 404 Å². The van der Waals surface area contributed by atoms with Gasteiger partial charge < -0.3 is 51.1 Å². The average molecular weight is 982 g/mol. The van der Waals surface area contributed by atoms with Crippen molar-refractivity contribution in [1.29, 1.82) is 0 Å². The molecule has 7 N–H and O–H groups in total. The SMILES string of the molecule is CC(CCOC(=O)CCN(CCCCO)CCC(=O)OC(C)CCOC(=O)CCNc1ccc(SSc2ccc(N)cc2)cc1)OC(=O)CCNc1ccc(SSc2ccc(N)cc2)cc1. The summed E-state index contributed by atoms with van der Waals surface area (Å²) in [4.78, 5) is 56.4. The lowest BCUT2D eigenvalue weighted by Gasteiger charge is -2.22. The molecule has 2 unspecified atom stereocenters. The van der Waals surface area contributed by atoms with Crippen LogP contribution in [-0.4, -0.2) is 98.6 Å². The average Bonchev–Trinajstić information content (AvgIpc) is 3.30. The fraction of sp³-hybridized carbons (Fsp3) is 0.417. The molecule has 0 radical (unpaired) electrons. The molecule has 358 valence electrons. The zero-order valence-corrected chi connectivity index (χ0v) is 40.9. The number of nitrogens with zero attached hydrogens (tertiary/aromatic N) is 1. The molecule has 0 aliphatic heterocycles. The smallest absolute Gasteiger partial charge is 0.307 e. The summed E-state index contributed by atoms with van der Waals surface area (Å²) in [7, 11) is 6.61. The third kappa shape index (κ3) is 23.6. The number of benzene rings is 4. The van der Waals surface area contributed by atoms with Crippen LogP contribution in [0.25, 0.3) is 0 Å². The Kier molecular flexibility index (Phi) is 25.5. The number of nitrogens with two attached hydrogens (primary N) is 2. The van der Waals surface area contributed by atoms with Crippen molar-refractivity contribution in [2.75, 3.05) is 74.6 Å². The van der Waals surface area contributed by atoms with E-state index in [4.69, 9.17) is 30.4 Å². The van der Waals surface area contributed by atoms with Crippen LogP contribution in [0.3, 0.4) is 0 Å². The van der Waals surface area contributed by atoms with E-state index in [0.717, 1.165) is 42.3 Å². The number of carbonyl (C=O) groups excluding carboxylic acids is 4. The van der Waals surface area contributed by atoms with E-state index in [1.807, 2.05) is 102 Å². The van der Waals surface area contributed by atoms with Gasteiger partial charge in [0, 0.05) is 88.0 Å². The maximum atomic E-state index is 12.7. The van der Waals surface area contributed by atoms with E-state index < -0.39 is 24.1 Å². The highest BCUT2D eigenvalue weighted by Crippen LogP contribution is 2.39. The number of anilines is 4. The van der Waals surface area contributed by atoms with Crippen molar-refractivity contribution in [1.82, 2.24) is 4.90 Å². The first-order valence-corrected chi connectivity index (χ1v) is 26.4. The highest BCUT2D eigenvalue weighted by Gasteiger charge is 2.16. The van der Waals surface area contributed by atoms with Gasteiger partial charge >= 0.3 is 23.9 Å². The van der Waals surface area contributed by atoms with Crippen molar-refractivity contribution in [2.45, 2.75) is 97.0 Å². The second-order valence-electron chi connectivity index (χ2n) is 15.3. The van der Waals surface area contributed by atoms with E-state index in [2.05, 4.69) is 10.6 Å². The zero-order valence-electron chi connectivity index (χ0n) is 37.7. The normalized spacial score (nSPS) is 11.9. The van der Waals surface area contributed by atoms with E-state index in [0.29, 0.717) is 58.4 Å². The van der Waals surface area contributed by atoms with Crippen molar-refractivity contribution in [3.05, 3.63) is 97.1 Å². The summed E-state index contributed by atoms with van der Waals surface area (Å²) in [5.74, 6) is -1.48. The molecule has 14 nitrogen and oxygen atoms in total. The number of aliphatic hydroxyl groups excluding tert-OH is 1. The van der Waals surface area contributed by atoms with Crippen LogP contribution in [0.2, 0.25) is 0 Å². The van der Waals surface area contributed by atoms with Crippen LogP contribution in [-0.2, 0) is 38.1 Å². The third-order valence-corrected chi connectivity index (χ3v) is 14.5. The van der Waals surface area contributed by atoms with Crippen LogP contribution in [0, 0.1) is 0 Å². The Morgan fingerprint density at radius 2 is 0.894 bits per heavy atom. The quantitative estimate of drug-likeness (QED) is 0.0102. The van der Waals surface area contributed by atoms with Crippen LogP contribution in [0.15, 0.2) is 117 Å². The van der Waals surface area contributed by atoms with Crippen LogP contribution in [0.4, 0.5) is 22.7 Å². The number of hydrogen-bond acceptors (Lipinski definition) is 18. The molecule has 4 aromatic carbocycles. The summed E-state index contributed by atoms with van der Waals surface area (Å²) >= 11 is 0. The van der Waals surface area contributed by atoms with Crippen molar-refractivity contribution in [3.63, 3.8) is 0 Å². The van der Waals surface area contributed by atoms with Gasteiger partial charge in [-0.1, -0.05) is 43.2 Å². The number of nitrogens with one attached hydrogen (secondary N) is 2. The number of nitrogen functional groups attached to an aromatic ring is 2. The van der Waals surface area contributed by atoms with Gasteiger partial charge in [0.25, 0.3) is 0 Å². The van der Waals surface area contributed by atoms with E-state index in [-0.39, 0.29) is 57.4 Å². The first kappa shape index (κ1) is 53.9. The Bertz CT molecular complexity index is 2030. The van der Waals surface area contributed by atoms with E-state index >= 15 is 0 Å². The molecule has 4 rings (SSSR count). The highest BCUT2D eigenvalue weighted by atomic mass is 33.1. The van der Waals surface area contributed by atoms with Gasteiger partial charge in [-0.15, -0.1) is 0 Å². The predicted octanol–water partition coefficient (Wildman–Crippen LogP) is 9.34. The number of carbonyl (C=O) groups is 4. The number of unbranched alkanes of at least 4 members (excludes halogenated alkanes) is 1. The molecule has 0 saturated heterocycles. The molecule has 0 aliphatic rings. The summed E-state index contributed by atoms with van der Waals surface area (Å²) in [6.07, 6.45) is 1.74. The van der Waals surface area contributed by atoms with Crippen molar-refractivity contribution in [3.8, 4) is 0 Å². The Balaban J connectivity index is 1.01. The maximum Gasteiger partial charge on any atom is 0.307 e. The maximum absolute atomic E-state index is 12.7. The molecule has 0 fully saturated rings. The molecule has 4 aromatic rings. The monoisotopic (exact) mass is 981 g/mol. The number of rotatable bonds is 32. The van der Waals surface area contributed by atoms with Gasteiger partial charge in [0.15, 0.2) is 0 Å². The van der Waals surface area contributed by atoms with Crippen molar-refractivity contribution in [2.24, 2.45) is 0 Å². The highest BCUT2D eigenvalue weighted by molar-refractivity contribution is 8.77. The summed E-state index contributed by atoms with van der Waals surface area (Å²) in [6.45, 7) is 5.96. The molecule has 0 spiro atoms. The minimum absolute atomic E-state index is 0.0506. The zero-order chi connectivity index (χ0) is 47.4. The number of hydrogen-bond donors (Lipinski definition) is 5. The van der Waals surface area contributed by atoms with E-state index in [1.165, 1.54) is 0 Å². The van der Waals surface area contributed by atoms with Crippen LogP contribution < -0.4 is 22.1 Å². The summed E-state index contributed by atoms with van der Waals surface area (Å²) in [5, 5.41) is 15.7. The minimum atomic E-state index is -0.450. The second kappa shape index (κ2) is 31.3. The van der Waals surface area contributed by atoms with Crippen LogP contribution in [0.5, 0.6) is 0 Å². The van der Waals surface area contributed by atoms with Gasteiger partial charge in [0.05, 0.1) is 38.9 Å². The molecule has 0 aromatic heterocycles. The van der Waals surface area contributed by atoms with Gasteiger partial charge in [-0.3, -0.25) is 19.2 Å². The molecule has 2 atom stereocenters. The predicted molar refractivity (Wildman–Crippen MR) is 268 cm³/mol. The number of aliphatic hydroxyl groups is 1. The summed E-state index contributed by atoms with van der Waals surface area (Å²) in [5.41, 5.74) is 14.8. The molecule has 0 amide bonds. The second-order valence-corrected chi connectivity index (χ2v) is 19.8. The van der Waals surface area contributed by atoms with E-state index in [9.17, 15) is 24.3 Å². The third-order valence-electron chi connectivity index (χ3n) is 9.64. The molecular weight excluding hydrogens is 919 g/mol. The minimum Gasteiger partial charge on any atom is -0.465 e. The van der Waals surface area contributed by atoms with E-state index in [1.54, 1.807) is 57.0 Å². The Morgan fingerprint density at radius 1 is 0.530 bits per heavy atom. The Hall–Kier alpha value is -4.72. The van der Waals surface area contributed by atoms with Gasteiger partial charge in [0.1, 0.15) is 12.2 Å². The Morgan fingerprint density at radius 3 is 1.32 bits per heavy atom. The topological polar surface area (TPSA) is 205 Å². The molecule has 18 heteroatoms. The van der Waals surface area contributed by atoms with Crippen LogP contribution >= 0.6 is 43.2 Å². The molecule has 0 saturated carbocycles. The van der Waals surface area contributed by atoms with Crippen molar-refractivity contribution < 1.29 is 43.2 Å². The fourth-order valence-electron chi connectivity index (χ4n) is 5.90. The summed E-state index contributed by atoms with van der Waals surface area (Å²) in [6, 6.07) is 31.4. The molecule has 0 heterocycles. The van der Waals surface area contributed by atoms with Crippen molar-refractivity contribution >= 4 is 89.8 Å². The van der Waals surface area contributed by atoms with Gasteiger partial charge in [-0.25, -0.2) is 0 Å². The standard InChI is InChI=1S/C48H63N5O9S4/c1-35(61-47(57)22-28-52-40-11-19-44(20-12-40)66-64-42-15-7-38(50)8-16-42)26-34-60-46(56)23-30-53(29-3-4-32-54)31-24-48(58)62-36(2)25-33-59-45(55)21-27-51-39-9-17-43(18-10-39)65-63-41-13-5-37(49)6-14-41/h5-20,35-36,51-52,54H,3-4,21-34,49-50H2,1-2H3. The lowest BCUT2D eigenvalue weighted by molar-refractivity contribution is -0.151. The lowest BCUT2D eigenvalue weighted by atomic mass is 10.2. The first-order valence-electron chi connectivity index (χ1n) is 22.1.